The van der Waals surface area contributed by atoms with E-state index in [1.165, 1.54) is 6.92 Å². The van der Waals surface area contributed by atoms with Gasteiger partial charge in [-0.15, -0.1) is 0 Å². The second kappa shape index (κ2) is 7.27. The molecule has 0 aromatic heterocycles. The van der Waals surface area contributed by atoms with Gasteiger partial charge in [-0.05, 0) is 44.4 Å². The van der Waals surface area contributed by atoms with Crippen LogP contribution in [-0.4, -0.2) is 34.0 Å². The number of rotatable bonds is 3. The van der Waals surface area contributed by atoms with E-state index >= 15 is 0 Å². The molecule has 1 heterocycles. The van der Waals surface area contributed by atoms with Crippen molar-refractivity contribution in [3.05, 3.63) is 35.6 Å². The molecule has 3 N–H and O–H groups in total. The van der Waals surface area contributed by atoms with E-state index < -0.39 is 29.3 Å². The summed E-state index contributed by atoms with van der Waals surface area (Å²) in [6, 6.07) is -0.986. The molecule has 3 aliphatic rings. The van der Waals surface area contributed by atoms with Gasteiger partial charge in [-0.25, -0.2) is 0 Å². The maximum absolute atomic E-state index is 12.8. The van der Waals surface area contributed by atoms with E-state index in [0.29, 0.717) is 11.8 Å². The monoisotopic (exact) mass is 373 g/mol. The molecule has 1 saturated heterocycles. The van der Waals surface area contributed by atoms with Gasteiger partial charge in [-0.3, -0.25) is 9.59 Å². The standard InChI is InChI=1S/C22H31NO4/c1-5-6-15-9-8-14-11-12(2)7-10-16(14)22(15,4)20(26)17-19(25)18(13(3)24)23-21(17)27/h5-6,8-9,12-16,18,24,26H,7,10-11H2,1-4H3,(H,23,27)/b6-5+,20-17-/t12-,13?,14-,15-,16-,18?,22-/m1/s1. The van der Waals surface area contributed by atoms with Crippen molar-refractivity contribution in [2.75, 3.05) is 0 Å². The quantitative estimate of drug-likeness (QED) is 0.307. The summed E-state index contributed by atoms with van der Waals surface area (Å²) in [7, 11) is 0. The Hall–Kier alpha value is -1.88. The third kappa shape index (κ3) is 3.16. The van der Waals surface area contributed by atoms with Crippen molar-refractivity contribution in [2.45, 2.75) is 59.1 Å². The van der Waals surface area contributed by atoms with E-state index in [1.807, 2.05) is 26.0 Å². The third-order valence-corrected chi connectivity index (χ3v) is 6.86. The Morgan fingerprint density at radius 1 is 1.33 bits per heavy atom. The number of hydrogen-bond donors (Lipinski definition) is 3. The summed E-state index contributed by atoms with van der Waals surface area (Å²) in [5, 5.41) is 23.7. The van der Waals surface area contributed by atoms with E-state index in [0.717, 1.165) is 19.3 Å². The summed E-state index contributed by atoms with van der Waals surface area (Å²) in [5.74, 6) is -0.179. The van der Waals surface area contributed by atoms with Crippen molar-refractivity contribution in [2.24, 2.45) is 29.1 Å². The number of aliphatic hydroxyl groups excluding tert-OH is 2. The molecule has 1 aliphatic heterocycles. The van der Waals surface area contributed by atoms with E-state index in [9.17, 15) is 19.8 Å². The summed E-state index contributed by atoms with van der Waals surface area (Å²) < 4.78 is 0. The molecule has 0 radical (unpaired) electrons. The Balaban J connectivity index is 2.11. The van der Waals surface area contributed by atoms with E-state index in [4.69, 9.17) is 0 Å². The zero-order chi connectivity index (χ0) is 19.9. The minimum atomic E-state index is -1.000. The predicted octanol–water partition coefficient (Wildman–Crippen LogP) is 3.07. The number of allylic oxidation sites excluding steroid dienone is 5. The molecular weight excluding hydrogens is 342 g/mol. The lowest BCUT2D eigenvalue weighted by atomic mass is 9.54. The largest absolute Gasteiger partial charge is 0.511 e. The van der Waals surface area contributed by atoms with Gasteiger partial charge in [0.05, 0.1) is 6.10 Å². The fraction of sp³-hybridized carbons (Fsp3) is 0.636. The van der Waals surface area contributed by atoms with Crippen molar-refractivity contribution in [3.8, 4) is 0 Å². The van der Waals surface area contributed by atoms with Crippen molar-refractivity contribution in [1.82, 2.24) is 5.32 Å². The minimum Gasteiger partial charge on any atom is -0.511 e. The lowest BCUT2D eigenvalue weighted by Crippen LogP contribution is -2.45. The second-order valence-electron chi connectivity index (χ2n) is 8.69. The third-order valence-electron chi connectivity index (χ3n) is 6.86. The highest BCUT2D eigenvalue weighted by molar-refractivity contribution is 6.27. The van der Waals surface area contributed by atoms with Crippen LogP contribution in [0.4, 0.5) is 0 Å². The lowest BCUT2D eigenvalue weighted by molar-refractivity contribution is -0.118. The van der Waals surface area contributed by atoms with Crippen LogP contribution < -0.4 is 5.32 Å². The summed E-state index contributed by atoms with van der Waals surface area (Å²) in [5.41, 5.74) is -0.896. The molecule has 0 aromatic rings. The fourth-order valence-corrected chi connectivity index (χ4v) is 5.28. The zero-order valence-corrected chi connectivity index (χ0v) is 16.6. The lowest BCUT2D eigenvalue weighted by Gasteiger charge is -2.50. The number of amides is 1. The summed E-state index contributed by atoms with van der Waals surface area (Å²) in [6.07, 6.45) is 10.4. The number of carbonyl (C=O) groups excluding carboxylic acids is 2. The highest BCUT2D eigenvalue weighted by Gasteiger charge is 2.53. The number of hydrogen-bond acceptors (Lipinski definition) is 4. The Labute approximate surface area is 161 Å². The van der Waals surface area contributed by atoms with Crippen molar-refractivity contribution in [3.63, 3.8) is 0 Å². The average Bonchev–Trinajstić information content (AvgIpc) is 2.91. The number of nitrogens with one attached hydrogen (secondary N) is 1. The molecule has 2 unspecified atom stereocenters. The van der Waals surface area contributed by atoms with Gasteiger partial charge >= 0.3 is 0 Å². The molecule has 27 heavy (non-hydrogen) atoms. The van der Waals surface area contributed by atoms with E-state index in [1.54, 1.807) is 0 Å². The van der Waals surface area contributed by atoms with Crippen LogP contribution in [0, 0.1) is 29.1 Å². The Morgan fingerprint density at radius 3 is 2.63 bits per heavy atom. The van der Waals surface area contributed by atoms with Gasteiger partial charge in [-0.1, -0.05) is 44.6 Å². The Bertz CT molecular complexity index is 720. The first-order valence-electron chi connectivity index (χ1n) is 9.99. The van der Waals surface area contributed by atoms with Gasteiger partial charge in [0.2, 0.25) is 0 Å². The molecule has 0 aromatic carbocycles. The van der Waals surface area contributed by atoms with E-state index in [-0.39, 0.29) is 23.2 Å². The van der Waals surface area contributed by atoms with E-state index in [2.05, 4.69) is 24.4 Å². The van der Waals surface area contributed by atoms with Crippen LogP contribution in [0.5, 0.6) is 0 Å². The SMILES string of the molecule is C/C=C/[C@@H]1C=C[C@@H]2C[C@H](C)CC[C@H]2[C@]1(C)/C(O)=C1/C(=O)NC(C(C)O)C1=O. The molecule has 0 bridgehead atoms. The van der Waals surface area contributed by atoms with Crippen LogP contribution in [-0.2, 0) is 9.59 Å². The van der Waals surface area contributed by atoms with Gasteiger partial charge in [0.1, 0.15) is 17.4 Å². The molecule has 3 rings (SSSR count). The topological polar surface area (TPSA) is 86.6 Å². The van der Waals surface area contributed by atoms with Crippen LogP contribution in [0.25, 0.3) is 0 Å². The summed E-state index contributed by atoms with van der Waals surface area (Å²) >= 11 is 0. The van der Waals surface area contributed by atoms with Gasteiger partial charge in [-0.2, -0.15) is 0 Å². The Kier molecular flexibility index (Phi) is 5.35. The normalized spacial score (nSPS) is 42.2. The van der Waals surface area contributed by atoms with Gasteiger partial charge < -0.3 is 15.5 Å². The van der Waals surface area contributed by atoms with Gasteiger partial charge in [0, 0.05) is 11.3 Å². The average molecular weight is 373 g/mol. The highest BCUT2D eigenvalue weighted by Crippen LogP contribution is 2.56. The zero-order valence-electron chi connectivity index (χ0n) is 16.6. The van der Waals surface area contributed by atoms with Crippen molar-refractivity contribution >= 4 is 11.7 Å². The predicted molar refractivity (Wildman–Crippen MR) is 104 cm³/mol. The van der Waals surface area contributed by atoms with Gasteiger partial charge in [0.25, 0.3) is 5.91 Å². The number of carbonyl (C=O) groups is 2. The first-order valence-corrected chi connectivity index (χ1v) is 9.99. The van der Waals surface area contributed by atoms with Gasteiger partial charge in [0.15, 0.2) is 5.78 Å². The van der Waals surface area contributed by atoms with Crippen molar-refractivity contribution < 1.29 is 19.8 Å². The molecule has 1 amide bonds. The van der Waals surface area contributed by atoms with Crippen molar-refractivity contribution in [1.29, 1.82) is 0 Å². The summed E-state index contributed by atoms with van der Waals surface area (Å²) in [6.45, 7) is 7.63. The molecule has 5 nitrogen and oxygen atoms in total. The maximum atomic E-state index is 12.8. The summed E-state index contributed by atoms with van der Waals surface area (Å²) in [4.78, 5) is 25.3. The molecule has 7 atom stereocenters. The first-order chi connectivity index (χ1) is 12.7. The molecule has 1 saturated carbocycles. The number of Topliss-reactive ketones (excluding diaryl/α,β-unsaturated/α-hetero) is 1. The first kappa shape index (κ1) is 19.9. The molecular formula is C22H31NO4. The number of aliphatic hydroxyl groups is 2. The molecule has 2 fully saturated rings. The minimum absolute atomic E-state index is 0.0872. The maximum Gasteiger partial charge on any atom is 0.259 e. The number of ketones is 1. The highest BCUT2D eigenvalue weighted by atomic mass is 16.3. The molecule has 5 heteroatoms. The molecule has 148 valence electrons. The van der Waals surface area contributed by atoms with Crippen LogP contribution in [0.2, 0.25) is 0 Å². The molecule has 0 spiro atoms. The fourth-order valence-electron chi connectivity index (χ4n) is 5.28. The van der Waals surface area contributed by atoms with Crippen LogP contribution >= 0.6 is 0 Å². The Morgan fingerprint density at radius 2 is 2.04 bits per heavy atom. The number of fused-ring (bicyclic) bond motifs is 1. The second-order valence-corrected chi connectivity index (χ2v) is 8.69. The van der Waals surface area contributed by atoms with Crippen LogP contribution in [0.1, 0.15) is 47.0 Å². The van der Waals surface area contributed by atoms with Crippen LogP contribution in [0.15, 0.2) is 35.6 Å². The van der Waals surface area contributed by atoms with Crippen LogP contribution in [0.3, 0.4) is 0 Å². The smallest absolute Gasteiger partial charge is 0.259 e. The molecule has 2 aliphatic carbocycles.